The van der Waals surface area contributed by atoms with Gasteiger partial charge < -0.3 is 15.4 Å². The molecule has 5 heteroatoms. The van der Waals surface area contributed by atoms with E-state index in [1.165, 1.54) is 0 Å². The van der Waals surface area contributed by atoms with Gasteiger partial charge in [0.25, 0.3) is 0 Å². The van der Waals surface area contributed by atoms with Crippen LogP contribution in [0.2, 0.25) is 5.02 Å². The standard InChI is InChI=1S/C13H18ClN3O/c1-9(18)8-17-12-7-10(14)4-5-11(12)16-13(17)3-2-6-15/h4-5,7,9,18H,2-3,6,8,15H2,1H3. The van der Waals surface area contributed by atoms with Crippen LogP contribution >= 0.6 is 11.6 Å². The Bertz CT molecular complexity index is 536. The Kier molecular flexibility index (Phi) is 4.22. The molecule has 0 fully saturated rings. The van der Waals surface area contributed by atoms with Crippen LogP contribution in [0.15, 0.2) is 18.2 Å². The van der Waals surface area contributed by atoms with Gasteiger partial charge in [-0.05, 0) is 38.1 Å². The summed E-state index contributed by atoms with van der Waals surface area (Å²) >= 11 is 6.02. The third kappa shape index (κ3) is 2.83. The first-order valence-corrected chi connectivity index (χ1v) is 6.52. The molecule has 0 amide bonds. The van der Waals surface area contributed by atoms with Crippen LogP contribution in [-0.4, -0.2) is 27.3 Å². The predicted molar refractivity (Wildman–Crippen MR) is 73.8 cm³/mol. The number of nitrogens with two attached hydrogens (primary N) is 1. The normalized spacial score (nSPS) is 13.1. The summed E-state index contributed by atoms with van der Waals surface area (Å²) in [5.74, 6) is 0.957. The minimum absolute atomic E-state index is 0.419. The van der Waals surface area contributed by atoms with Gasteiger partial charge in [0.1, 0.15) is 5.82 Å². The first-order chi connectivity index (χ1) is 8.61. The zero-order chi connectivity index (χ0) is 13.1. The Morgan fingerprint density at radius 2 is 2.28 bits per heavy atom. The van der Waals surface area contributed by atoms with Gasteiger partial charge >= 0.3 is 0 Å². The van der Waals surface area contributed by atoms with E-state index in [4.69, 9.17) is 17.3 Å². The molecule has 1 aromatic carbocycles. The van der Waals surface area contributed by atoms with Crippen molar-refractivity contribution in [3.63, 3.8) is 0 Å². The van der Waals surface area contributed by atoms with Gasteiger partial charge in [0.05, 0.1) is 23.7 Å². The Morgan fingerprint density at radius 3 is 2.94 bits per heavy atom. The van der Waals surface area contributed by atoms with E-state index in [9.17, 15) is 5.11 Å². The van der Waals surface area contributed by atoms with Crippen molar-refractivity contribution >= 4 is 22.6 Å². The lowest BCUT2D eigenvalue weighted by Crippen LogP contribution is -2.15. The van der Waals surface area contributed by atoms with Crippen molar-refractivity contribution < 1.29 is 5.11 Å². The molecule has 1 aromatic heterocycles. The van der Waals surface area contributed by atoms with E-state index >= 15 is 0 Å². The van der Waals surface area contributed by atoms with Crippen molar-refractivity contribution in [2.45, 2.75) is 32.4 Å². The second-order valence-corrected chi connectivity index (χ2v) is 4.95. The van der Waals surface area contributed by atoms with Crippen LogP contribution in [0.25, 0.3) is 11.0 Å². The molecular formula is C13H18ClN3O. The number of benzene rings is 1. The monoisotopic (exact) mass is 267 g/mol. The van der Waals surface area contributed by atoms with E-state index in [1.54, 1.807) is 6.92 Å². The zero-order valence-electron chi connectivity index (χ0n) is 10.4. The Labute approximate surface area is 111 Å². The van der Waals surface area contributed by atoms with E-state index in [0.717, 1.165) is 29.7 Å². The number of aliphatic hydroxyl groups excluding tert-OH is 1. The third-order valence-electron chi connectivity index (χ3n) is 2.84. The topological polar surface area (TPSA) is 64.1 Å². The number of hydrogen-bond donors (Lipinski definition) is 2. The van der Waals surface area contributed by atoms with E-state index in [1.807, 2.05) is 22.8 Å². The fraction of sp³-hybridized carbons (Fsp3) is 0.462. The van der Waals surface area contributed by atoms with Crippen LogP contribution in [0.4, 0.5) is 0 Å². The van der Waals surface area contributed by atoms with Gasteiger partial charge in [0, 0.05) is 11.4 Å². The predicted octanol–water partition coefficient (Wildman–Crippen LogP) is 1.96. The maximum atomic E-state index is 9.60. The Balaban J connectivity index is 2.47. The molecule has 0 bridgehead atoms. The molecule has 0 aliphatic heterocycles. The molecule has 0 saturated carbocycles. The summed E-state index contributed by atoms with van der Waals surface area (Å²) in [6.07, 6.45) is 1.28. The molecule has 0 spiro atoms. The first-order valence-electron chi connectivity index (χ1n) is 6.14. The number of halogens is 1. The largest absolute Gasteiger partial charge is 0.392 e. The van der Waals surface area contributed by atoms with Crippen LogP contribution in [0.5, 0.6) is 0 Å². The summed E-state index contributed by atoms with van der Waals surface area (Å²) in [4.78, 5) is 4.58. The summed E-state index contributed by atoms with van der Waals surface area (Å²) in [5, 5.41) is 10.3. The molecule has 0 radical (unpaired) electrons. The SMILES string of the molecule is CC(O)Cn1c(CCCN)nc2ccc(Cl)cc21. The molecule has 2 rings (SSSR count). The average Bonchev–Trinajstić information content (AvgIpc) is 2.64. The highest BCUT2D eigenvalue weighted by Gasteiger charge is 2.12. The van der Waals surface area contributed by atoms with Gasteiger partial charge in [-0.1, -0.05) is 11.6 Å². The number of imidazole rings is 1. The van der Waals surface area contributed by atoms with Gasteiger partial charge in [0.15, 0.2) is 0 Å². The number of aliphatic hydroxyl groups is 1. The number of aryl methyl sites for hydroxylation is 1. The average molecular weight is 268 g/mol. The Morgan fingerprint density at radius 1 is 1.50 bits per heavy atom. The van der Waals surface area contributed by atoms with E-state index in [2.05, 4.69) is 4.98 Å². The molecular weight excluding hydrogens is 250 g/mol. The van der Waals surface area contributed by atoms with E-state index in [0.29, 0.717) is 18.1 Å². The minimum Gasteiger partial charge on any atom is -0.392 e. The zero-order valence-corrected chi connectivity index (χ0v) is 11.2. The molecule has 4 nitrogen and oxygen atoms in total. The van der Waals surface area contributed by atoms with Gasteiger partial charge in [0.2, 0.25) is 0 Å². The molecule has 98 valence electrons. The fourth-order valence-electron chi connectivity index (χ4n) is 2.06. The van der Waals surface area contributed by atoms with Crippen LogP contribution in [0.1, 0.15) is 19.2 Å². The van der Waals surface area contributed by atoms with Gasteiger partial charge in [-0.3, -0.25) is 0 Å². The molecule has 0 aliphatic carbocycles. The lowest BCUT2D eigenvalue weighted by atomic mass is 10.3. The lowest BCUT2D eigenvalue weighted by molar-refractivity contribution is 0.173. The van der Waals surface area contributed by atoms with Crippen molar-refractivity contribution in [1.82, 2.24) is 9.55 Å². The quantitative estimate of drug-likeness (QED) is 0.870. The lowest BCUT2D eigenvalue weighted by Gasteiger charge is -2.11. The van der Waals surface area contributed by atoms with Crippen molar-refractivity contribution in [3.05, 3.63) is 29.0 Å². The first kappa shape index (κ1) is 13.3. The minimum atomic E-state index is -0.419. The van der Waals surface area contributed by atoms with E-state index < -0.39 is 6.10 Å². The van der Waals surface area contributed by atoms with Gasteiger partial charge in [-0.2, -0.15) is 0 Å². The molecule has 0 aliphatic rings. The summed E-state index contributed by atoms with van der Waals surface area (Å²) in [5.41, 5.74) is 7.42. The molecule has 0 saturated heterocycles. The van der Waals surface area contributed by atoms with Crippen LogP contribution in [0, 0.1) is 0 Å². The molecule has 1 heterocycles. The smallest absolute Gasteiger partial charge is 0.109 e. The number of rotatable bonds is 5. The van der Waals surface area contributed by atoms with E-state index in [-0.39, 0.29) is 0 Å². The number of fused-ring (bicyclic) bond motifs is 1. The van der Waals surface area contributed by atoms with Crippen molar-refractivity contribution in [2.24, 2.45) is 5.73 Å². The molecule has 3 N–H and O–H groups in total. The summed E-state index contributed by atoms with van der Waals surface area (Å²) in [6.45, 7) is 2.93. The van der Waals surface area contributed by atoms with Gasteiger partial charge in [-0.15, -0.1) is 0 Å². The second kappa shape index (κ2) is 5.69. The maximum absolute atomic E-state index is 9.60. The second-order valence-electron chi connectivity index (χ2n) is 4.51. The highest BCUT2D eigenvalue weighted by atomic mass is 35.5. The van der Waals surface area contributed by atoms with Crippen LogP contribution in [-0.2, 0) is 13.0 Å². The fourth-order valence-corrected chi connectivity index (χ4v) is 2.23. The molecule has 1 atom stereocenters. The summed E-state index contributed by atoms with van der Waals surface area (Å²) < 4.78 is 2.03. The number of aromatic nitrogens is 2. The van der Waals surface area contributed by atoms with Gasteiger partial charge in [-0.25, -0.2) is 4.98 Å². The van der Waals surface area contributed by atoms with Crippen molar-refractivity contribution in [2.75, 3.05) is 6.54 Å². The van der Waals surface area contributed by atoms with Crippen molar-refractivity contribution in [3.8, 4) is 0 Å². The Hall–Kier alpha value is -1.10. The highest BCUT2D eigenvalue weighted by Crippen LogP contribution is 2.21. The molecule has 2 aromatic rings. The number of nitrogens with zero attached hydrogens (tertiary/aromatic N) is 2. The third-order valence-corrected chi connectivity index (χ3v) is 3.08. The summed E-state index contributed by atoms with van der Waals surface area (Å²) in [7, 11) is 0. The summed E-state index contributed by atoms with van der Waals surface area (Å²) in [6, 6.07) is 5.62. The number of hydrogen-bond acceptors (Lipinski definition) is 3. The maximum Gasteiger partial charge on any atom is 0.109 e. The van der Waals surface area contributed by atoms with Crippen molar-refractivity contribution in [1.29, 1.82) is 0 Å². The molecule has 1 unspecified atom stereocenters. The highest BCUT2D eigenvalue weighted by molar-refractivity contribution is 6.31. The van der Waals surface area contributed by atoms with Crippen LogP contribution < -0.4 is 5.73 Å². The van der Waals surface area contributed by atoms with Crippen LogP contribution in [0.3, 0.4) is 0 Å². The molecule has 18 heavy (non-hydrogen) atoms.